The number of carbonyl (C=O) groups is 2. The van der Waals surface area contributed by atoms with E-state index in [9.17, 15) is 14.4 Å². The summed E-state index contributed by atoms with van der Waals surface area (Å²) in [5.41, 5.74) is 2.22. The number of aromatic nitrogens is 2. The van der Waals surface area contributed by atoms with E-state index in [2.05, 4.69) is 31.2 Å². The largest absolute Gasteiger partial charge is 0.295 e. The molecule has 25 heavy (non-hydrogen) atoms. The van der Waals surface area contributed by atoms with E-state index in [-0.39, 0.29) is 29.7 Å². The van der Waals surface area contributed by atoms with Crippen LogP contribution in [0.2, 0.25) is 0 Å². The predicted octanol–water partition coefficient (Wildman–Crippen LogP) is 2.19. The van der Waals surface area contributed by atoms with Crippen LogP contribution in [0.3, 0.4) is 0 Å². The number of imide groups is 1. The predicted molar refractivity (Wildman–Crippen MR) is 94.1 cm³/mol. The number of carbonyl (C=O) groups excluding carboxylic acids is 2. The second kappa shape index (κ2) is 6.27. The highest BCUT2D eigenvalue weighted by molar-refractivity contribution is 5.99. The molecule has 1 saturated heterocycles. The maximum atomic E-state index is 12.2. The minimum Gasteiger partial charge on any atom is -0.295 e. The van der Waals surface area contributed by atoms with Gasteiger partial charge in [0.25, 0.3) is 11.5 Å². The van der Waals surface area contributed by atoms with Crippen molar-refractivity contribution < 1.29 is 9.59 Å². The third kappa shape index (κ3) is 3.38. The van der Waals surface area contributed by atoms with Gasteiger partial charge in [0.1, 0.15) is 6.04 Å². The molecule has 3 rings (SSSR count). The molecular weight excluding hydrogens is 318 g/mol. The summed E-state index contributed by atoms with van der Waals surface area (Å²) >= 11 is 0. The van der Waals surface area contributed by atoms with Gasteiger partial charge in [-0.3, -0.25) is 19.7 Å². The number of hydrogen-bond acceptors (Lipinski definition) is 4. The van der Waals surface area contributed by atoms with Crippen LogP contribution in [-0.4, -0.2) is 21.6 Å². The Morgan fingerprint density at radius 2 is 1.80 bits per heavy atom. The summed E-state index contributed by atoms with van der Waals surface area (Å²) in [4.78, 5) is 35.7. The Morgan fingerprint density at radius 1 is 1.08 bits per heavy atom. The fraction of sp³-hybridized carbons (Fsp3) is 0.368. The molecule has 2 aromatic rings. The third-order valence-electron chi connectivity index (χ3n) is 4.34. The second-order valence-corrected chi connectivity index (χ2v) is 7.26. The SMILES string of the molecule is CC(C)(C)c1ccccc1-c1ccc(=O)n(C2CCC(=O)NC2=O)n1. The molecule has 1 aliphatic heterocycles. The Balaban J connectivity index is 2.09. The lowest BCUT2D eigenvalue weighted by atomic mass is 9.83. The van der Waals surface area contributed by atoms with Gasteiger partial charge in [-0.15, -0.1) is 0 Å². The molecule has 0 radical (unpaired) electrons. The monoisotopic (exact) mass is 339 g/mol. The first kappa shape index (κ1) is 17.1. The van der Waals surface area contributed by atoms with Crippen LogP contribution in [0.1, 0.15) is 45.2 Å². The summed E-state index contributed by atoms with van der Waals surface area (Å²) in [5.74, 6) is -0.796. The van der Waals surface area contributed by atoms with Gasteiger partial charge in [-0.25, -0.2) is 4.68 Å². The van der Waals surface area contributed by atoms with Gasteiger partial charge >= 0.3 is 0 Å². The minimum atomic E-state index is -0.757. The van der Waals surface area contributed by atoms with E-state index >= 15 is 0 Å². The molecule has 0 bridgehead atoms. The van der Waals surface area contributed by atoms with Crippen molar-refractivity contribution in [3.05, 3.63) is 52.3 Å². The molecule has 2 heterocycles. The van der Waals surface area contributed by atoms with Gasteiger partial charge in [0.2, 0.25) is 5.91 Å². The smallest absolute Gasteiger partial charge is 0.267 e. The van der Waals surface area contributed by atoms with Crippen molar-refractivity contribution in [1.82, 2.24) is 15.1 Å². The lowest BCUT2D eigenvalue weighted by molar-refractivity contribution is -0.136. The molecule has 0 aliphatic carbocycles. The van der Waals surface area contributed by atoms with Gasteiger partial charge in [0.05, 0.1) is 5.69 Å². The Bertz CT molecular complexity index is 893. The molecule has 1 N–H and O–H groups in total. The topological polar surface area (TPSA) is 81.1 Å². The molecule has 6 nitrogen and oxygen atoms in total. The first-order chi connectivity index (χ1) is 11.8. The van der Waals surface area contributed by atoms with Gasteiger partial charge in [-0.05, 0) is 23.5 Å². The van der Waals surface area contributed by atoms with E-state index in [1.165, 1.54) is 10.7 Å². The highest BCUT2D eigenvalue weighted by atomic mass is 16.2. The van der Waals surface area contributed by atoms with Crippen LogP contribution in [0.5, 0.6) is 0 Å². The molecule has 6 heteroatoms. The molecular formula is C19H21N3O3. The lowest BCUT2D eigenvalue weighted by Gasteiger charge is -2.24. The molecule has 1 atom stereocenters. The Morgan fingerprint density at radius 3 is 2.48 bits per heavy atom. The molecule has 0 spiro atoms. The maximum absolute atomic E-state index is 12.2. The highest BCUT2D eigenvalue weighted by Crippen LogP contribution is 2.31. The molecule has 0 saturated carbocycles. The van der Waals surface area contributed by atoms with Gasteiger partial charge in [0.15, 0.2) is 0 Å². The first-order valence-corrected chi connectivity index (χ1v) is 8.31. The van der Waals surface area contributed by atoms with Crippen LogP contribution in [-0.2, 0) is 15.0 Å². The minimum absolute atomic E-state index is 0.0894. The van der Waals surface area contributed by atoms with E-state index in [0.717, 1.165) is 11.1 Å². The zero-order valence-electron chi connectivity index (χ0n) is 14.6. The van der Waals surface area contributed by atoms with Crippen molar-refractivity contribution in [3.8, 4) is 11.3 Å². The number of hydrogen-bond donors (Lipinski definition) is 1. The zero-order valence-corrected chi connectivity index (χ0v) is 14.6. The third-order valence-corrected chi connectivity index (χ3v) is 4.34. The fourth-order valence-electron chi connectivity index (χ4n) is 3.07. The normalized spacial score (nSPS) is 18.1. The number of piperidine rings is 1. The number of amides is 2. The average molecular weight is 339 g/mol. The van der Waals surface area contributed by atoms with E-state index in [0.29, 0.717) is 5.69 Å². The Kier molecular flexibility index (Phi) is 4.29. The van der Waals surface area contributed by atoms with E-state index in [4.69, 9.17) is 0 Å². The summed E-state index contributed by atoms with van der Waals surface area (Å²) in [7, 11) is 0. The van der Waals surface area contributed by atoms with E-state index < -0.39 is 11.9 Å². The van der Waals surface area contributed by atoms with Crippen LogP contribution < -0.4 is 10.9 Å². The summed E-state index contributed by atoms with van der Waals surface area (Å²) < 4.78 is 1.19. The van der Waals surface area contributed by atoms with Crippen LogP contribution >= 0.6 is 0 Å². The number of rotatable bonds is 2. The van der Waals surface area contributed by atoms with Crippen LogP contribution in [0.25, 0.3) is 11.3 Å². The Hall–Kier alpha value is -2.76. The van der Waals surface area contributed by atoms with Crippen LogP contribution in [0.15, 0.2) is 41.2 Å². The van der Waals surface area contributed by atoms with Crippen molar-refractivity contribution in [2.75, 3.05) is 0 Å². The van der Waals surface area contributed by atoms with Gasteiger partial charge in [-0.2, -0.15) is 5.10 Å². The molecule has 2 amide bonds. The van der Waals surface area contributed by atoms with E-state index in [1.807, 2.05) is 24.3 Å². The van der Waals surface area contributed by atoms with Crippen molar-refractivity contribution in [2.45, 2.75) is 45.1 Å². The Labute approximate surface area is 145 Å². The molecule has 1 aromatic carbocycles. The second-order valence-electron chi connectivity index (χ2n) is 7.26. The molecule has 1 unspecified atom stereocenters. The lowest BCUT2D eigenvalue weighted by Crippen LogP contribution is -2.45. The van der Waals surface area contributed by atoms with Gasteiger partial charge in [-0.1, -0.05) is 45.0 Å². The van der Waals surface area contributed by atoms with Crippen molar-refractivity contribution in [3.63, 3.8) is 0 Å². The average Bonchev–Trinajstić information content (AvgIpc) is 2.55. The zero-order chi connectivity index (χ0) is 18.2. The van der Waals surface area contributed by atoms with Crippen LogP contribution in [0.4, 0.5) is 0 Å². The van der Waals surface area contributed by atoms with Crippen molar-refractivity contribution >= 4 is 11.8 Å². The van der Waals surface area contributed by atoms with Gasteiger partial charge in [0, 0.05) is 18.1 Å². The number of nitrogens with one attached hydrogen (secondary N) is 1. The number of nitrogens with zero attached hydrogens (tertiary/aromatic N) is 2. The highest BCUT2D eigenvalue weighted by Gasteiger charge is 2.30. The first-order valence-electron chi connectivity index (χ1n) is 8.31. The molecule has 130 valence electrons. The van der Waals surface area contributed by atoms with Crippen molar-refractivity contribution in [1.29, 1.82) is 0 Å². The van der Waals surface area contributed by atoms with Gasteiger partial charge < -0.3 is 0 Å². The molecule has 1 aromatic heterocycles. The summed E-state index contributed by atoms with van der Waals surface area (Å²) in [5, 5.41) is 6.72. The molecule has 1 fully saturated rings. The maximum Gasteiger partial charge on any atom is 0.267 e. The van der Waals surface area contributed by atoms with Crippen LogP contribution in [0, 0.1) is 0 Å². The molecule has 1 aliphatic rings. The summed E-state index contributed by atoms with van der Waals surface area (Å²) in [6.45, 7) is 6.34. The van der Waals surface area contributed by atoms with Crippen molar-refractivity contribution in [2.24, 2.45) is 0 Å². The quantitative estimate of drug-likeness (QED) is 0.851. The fourth-order valence-corrected chi connectivity index (χ4v) is 3.07. The summed E-state index contributed by atoms with van der Waals surface area (Å²) in [6.07, 6.45) is 0.481. The number of benzene rings is 1. The van der Waals surface area contributed by atoms with E-state index in [1.54, 1.807) is 6.07 Å². The summed E-state index contributed by atoms with van der Waals surface area (Å²) in [6, 6.07) is 10.2. The standard InChI is InChI=1S/C19H21N3O3/c1-19(2,3)13-7-5-4-6-12(13)14-8-11-17(24)22(21-14)15-9-10-16(23)20-18(15)25/h4-8,11,15H,9-10H2,1-3H3,(H,20,23,25).